The topological polar surface area (TPSA) is 58.2 Å². The van der Waals surface area contributed by atoms with E-state index in [2.05, 4.69) is 10.0 Å². The summed E-state index contributed by atoms with van der Waals surface area (Å²) in [5, 5.41) is 3.06. The minimum Gasteiger partial charge on any atom is -0.316 e. The molecule has 21 heavy (non-hydrogen) atoms. The molecule has 5 heteroatoms. The molecule has 0 saturated heterocycles. The maximum absolute atomic E-state index is 12.6. The largest absolute Gasteiger partial charge is 0.316 e. The van der Waals surface area contributed by atoms with E-state index in [0.717, 1.165) is 17.0 Å². The Morgan fingerprint density at radius 3 is 2.57 bits per heavy atom. The van der Waals surface area contributed by atoms with Gasteiger partial charge in [-0.25, -0.2) is 13.1 Å². The summed E-state index contributed by atoms with van der Waals surface area (Å²) in [5.74, 6) is 0.761. The lowest BCUT2D eigenvalue weighted by Crippen LogP contribution is -2.31. The Morgan fingerprint density at radius 1 is 1.29 bits per heavy atom. The van der Waals surface area contributed by atoms with E-state index in [1.54, 1.807) is 6.07 Å². The predicted molar refractivity (Wildman–Crippen MR) is 83.5 cm³/mol. The van der Waals surface area contributed by atoms with Crippen LogP contribution in [0.1, 0.15) is 36.8 Å². The number of rotatable bonds is 7. The summed E-state index contributed by atoms with van der Waals surface area (Å²) >= 11 is 0. The van der Waals surface area contributed by atoms with Crippen LogP contribution in [-0.4, -0.2) is 22.0 Å². The smallest absolute Gasteiger partial charge is 0.240 e. The van der Waals surface area contributed by atoms with Gasteiger partial charge in [0.05, 0.1) is 4.90 Å². The van der Waals surface area contributed by atoms with Gasteiger partial charge in [-0.15, -0.1) is 0 Å². The van der Waals surface area contributed by atoms with Gasteiger partial charge in [-0.3, -0.25) is 0 Å². The van der Waals surface area contributed by atoms with Crippen molar-refractivity contribution in [3.63, 3.8) is 0 Å². The van der Waals surface area contributed by atoms with Crippen LogP contribution in [-0.2, 0) is 16.6 Å². The van der Waals surface area contributed by atoms with Crippen molar-refractivity contribution in [3.05, 3.63) is 29.3 Å². The number of hydrogen-bond donors (Lipinski definition) is 2. The van der Waals surface area contributed by atoms with E-state index in [1.807, 2.05) is 26.1 Å². The van der Waals surface area contributed by atoms with Crippen LogP contribution in [0.15, 0.2) is 23.1 Å². The molecule has 0 aliphatic heterocycles. The van der Waals surface area contributed by atoms with Gasteiger partial charge in [-0.1, -0.05) is 12.1 Å². The molecule has 0 spiro atoms. The molecule has 3 rings (SSSR count). The molecule has 0 bridgehead atoms. The Balaban J connectivity index is 1.76. The van der Waals surface area contributed by atoms with Crippen molar-refractivity contribution in [2.45, 2.75) is 44.0 Å². The zero-order valence-electron chi connectivity index (χ0n) is 12.8. The van der Waals surface area contributed by atoms with E-state index in [0.29, 0.717) is 18.0 Å². The second kappa shape index (κ2) is 5.38. The predicted octanol–water partition coefficient (Wildman–Crippen LogP) is 2.18. The van der Waals surface area contributed by atoms with Gasteiger partial charge >= 0.3 is 0 Å². The fourth-order valence-electron chi connectivity index (χ4n) is 3.15. The second-order valence-corrected chi connectivity index (χ2v) is 8.33. The molecular formula is C16H24N2O2S. The molecular weight excluding hydrogens is 284 g/mol. The van der Waals surface area contributed by atoms with Crippen molar-refractivity contribution in [1.29, 1.82) is 0 Å². The molecule has 1 aromatic rings. The first kappa shape index (κ1) is 15.0. The fraction of sp³-hybridized carbons (Fsp3) is 0.625. The van der Waals surface area contributed by atoms with Gasteiger partial charge in [0.1, 0.15) is 0 Å². The first-order valence-corrected chi connectivity index (χ1v) is 9.19. The maximum Gasteiger partial charge on any atom is 0.240 e. The number of aryl methyl sites for hydroxylation is 1. The Labute approximate surface area is 127 Å². The summed E-state index contributed by atoms with van der Waals surface area (Å²) in [6, 6.07) is 5.64. The molecule has 0 atom stereocenters. The quantitative estimate of drug-likeness (QED) is 0.812. The average molecular weight is 308 g/mol. The molecule has 0 radical (unpaired) electrons. The van der Waals surface area contributed by atoms with Crippen molar-refractivity contribution >= 4 is 10.0 Å². The summed E-state index contributed by atoms with van der Waals surface area (Å²) in [6.07, 6.45) is 4.91. The maximum atomic E-state index is 12.6. The van der Waals surface area contributed by atoms with Crippen LogP contribution in [0, 0.1) is 18.3 Å². The van der Waals surface area contributed by atoms with Crippen molar-refractivity contribution in [2.24, 2.45) is 11.3 Å². The fourth-order valence-corrected chi connectivity index (χ4v) is 4.58. The zero-order chi connectivity index (χ0) is 15.1. The van der Waals surface area contributed by atoms with Gasteiger partial charge in [0.2, 0.25) is 10.0 Å². The monoisotopic (exact) mass is 308 g/mol. The van der Waals surface area contributed by atoms with E-state index < -0.39 is 10.0 Å². The molecule has 0 amide bonds. The molecule has 2 saturated carbocycles. The zero-order valence-corrected chi connectivity index (χ0v) is 13.6. The third kappa shape index (κ3) is 3.15. The summed E-state index contributed by atoms with van der Waals surface area (Å²) in [7, 11) is -1.55. The van der Waals surface area contributed by atoms with Crippen LogP contribution < -0.4 is 10.0 Å². The van der Waals surface area contributed by atoms with E-state index in [9.17, 15) is 8.42 Å². The molecule has 2 N–H and O–H groups in total. The summed E-state index contributed by atoms with van der Waals surface area (Å²) in [6.45, 7) is 3.13. The van der Waals surface area contributed by atoms with Crippen LogP contribution in [0.5, 0.6) is 0 Å². The normalized spacial score (nSPS) is 20.5. The van der Waals surface area contributed by atoms with Gasteiger partial charge in [-0.05, 0) is 68.2 Å². The summed E-state index contributed by atoms with van der Waals surface area (Å²) < 4.78 is 28.1. The molecule has 4 nitrogen and oxygen atoms in total. The Bertz CT molecular complexity index is 632. The standard InChI is InChI=1S/C16H24N2O2S/c1-12-3-4-13(10-17-2)9-15(12)21(19,20)18-11-16(7-8-16)14-5-6-14/h3-4,9,14,17-18H,5-8,10-11H2,1-2H3. The molecule has 2 aliphatic carbocycles. The van der Waals surface area contributed by atoms with Crippen molar-refractivity contribution in [2.75, 3.05) is 13.6 Å². The molecule has 2 fully saturated rings. The Kier molecular flexibility index (Phi) is 3.84. The average Bonchev–Trinajstić information content (AvgIpc) is 3.31. The van der Waals surface area contributed by atoms with E-state index >= 15 is 0 Å². The first-order valence-electron chi connectivity index (χ1n) is 7.71. The van der Waals surface area contributed by atoms with Crippen molar-refractivity contribution < 1.29 is 8.42 Å². The summed E-state index contributed by atoms with van der Waals surface area (Å²) in [4.78, 5) is 0.418. The molecule has 1 aromatic carbocycles. The third-order valence-electron chi connectivity index (χ3n) is 4.87. The highest BCUT2D eigenvalue weighted by Crippen LogP contribution is 2.60. The SMILES string of the molecule is CNCc1ccc(C)c(S(=O)(=O)NCC2(C3CC3)CC2)c1. The van der Waals surface area contributed by atoms with E-state index in [1.165, 1.54) is 25.7 Å². The Morgan fingerprint density at radius 2 is 2.00 bits per heavy atom. The third-order valence-corrected chi connectivity index (χ3v) is 6.42. The summed E-state index contributed by atoms with van der Waals surface area (Å²) in [5.41, 5.74) is 2.08. The first-order chi connectivity index (χ1) is 9.97. The highest BCUT2D eigenvalue weighted by molar-refractivity contribution is 7.89. The number of benzene rings is 1. The van der Waals surface area contributed by atoms with Crippen molar-refractivity contribution in [1.82, 2.24) is 10.0 Å². The number of hydrogen-bond acceptors (Lipinski definition) is 3. The highest BCUT2D eigenvalue weighted by Gasteiger charge is 2.53. The van der Waals surface area contributed by atoms with Crippen molar-refractivity contribution in [3.8, 4) is 0 Å². The minimum atomic E-state index is -3.41. The lowest BCUT2D eigenvalue weighted by molar-refractivity contribution is 0.432. The molecule has 116 valence electrons. The van der Waals surface area contributed by atoms with Gasteiger partial charge < -0.3 is 5.32 Å². The lowest BCUT2D eigenvalue weighted by Gasteiger charge is -2.16. The van der Waals surface area contributed by atoms with Crippen LogP contribution in [0.25, 0.3) is 0 Å². The van der Waals surface area contributed by atoms with E-state index in [-0.39, 0.29) is 5.41 Å². The molecule has 0 aromatic heterocycles. The van der Waals surface area contributed by atoms with Gasteiger partial charge in [0, 0.05) is 13.1 Å². The molecule has 0 heterocycles. The van der Waals surface area contributed by atoms with Gasteiger partial charge in [-0.2, -0.15) is 0 Å². The highest BCUT2D eigenvalue weighted by atomic mass is 32.2. The number of nitrogens with one attached hydrogen (secondary N) is 2. The Hall–Kier alpha value is -0.910. The number of sulfonamides is 1. The van der Waals surface area contributed by atoms with Crippen LogP contribution >= 0.6 is 0 Å². The van der Waals surface area contributed by atoms with Gasteiger partial charge in [0.15, 0.2) is 0 Å². The van der Waals surface area contributed by atoms with Crippen LogP contribution in [0.2, 0.25) is 0 Å². The molecule has 0 unspecified atom stereocenters. The lowest BCUT2D eigenvalue weighted by atomic mass is 10.0. The van der Waals surface area contributed by atoms with Gasteiger partial charge in [0.25, 0.3) is 0 Å². The van der Waals surface area contributed by atoms with E-state index in [4.69, 9.17) is 0 Å². The minimum absolute atomic E-state index is 0.281. The second-order valence-electron chi connectivity index (χ2n) is 6.59. The van der Waals surface area contributed by atoms with Crippen LogP contribution in [0.4, 0.5) is 0 Å². The molecule has 2 aliphatic rings. The van der Waals surface area contributed by atoms with Crippen LogP contribution in [0.3, 0.4) is 0 Å².